The van der Waals surface area contributed by atoms with Crippen molar-refractivity contribution in [3.05, 3.63) is 18.0 Å². The van der Waals surface area contributed by atoms with Gasteiger partial charge in [0.25, 0.3) is 5.91 Å². The molecule has 1 amide bonds. The van der Waals surface area contributed by atoms with Crippen LogP contribution in [0, 0.1) is 0 Å². The first kappa shape index (κ1) is 18.9. The van der Waals surface area contributed by atoms with Gasteiger partial charge < -0.3 is 14.6 Å². The van der Waals surface area contributed by atoms with Gasteiger partial charge >= 0.3 is 6.18 Å². The molecule has 0 saturated carbocycles. The van der Waals surface area contributed by atoms with Crippen LogP contribution in [0.2, 0.25) is 0 Å². The maximum atomic E-state index is 12.5. The van der Waals surface area contributed by atoms with E-state index in [0.29, 0.717) is 26.2 Å². The summed E-state index contributed by atoms with van der Waals surface area (Å²) >= 11 is 0. The number of anilines is 1. The second-order valence-corrected chi connectivity index (χ2v) is 5.59. The molecule has 0 spiro atoms. The molecule has 25 heavy (non-hydrogen) atoms. The molecule has 1 saturated heterocycles. The third kappa shape index (κ3) is 5.30. The first-order valence-electron chi connectivity index (χ1n) is 7.88. The Kier molecular flexibility index (Phi) is 6.16. The Morgan fingerprint density at radius 1 is 1.24 bits per heavy atom. The predicted molar refractivity (Wildman–Crippen MR) is 85.2 cm³/mol. The van der Waals surface area contributed by atoms with Crippen LogP contribution >= 0.6 is 0 Å². The molecule has 0 N–H and O–H groups in total. The highest BCUT2D eigenvalue weighted by molar-refractivity contribution is 5.81. The lowest BCUT2D eigenvalue weighted by Gasteiger charge is -2.34. The number of carbonyl (C=O) groups is 1. The van der Waals surface area contributed by atoms with E-state index in [1.807, 2.05) is 13.8 Å². The van der Waals surface area contributed by atoms with E-state index in [-0.39, 0.29) is 18.5 Å². The molecule has 10 heteroatoms. The zero-order chi connectivity index (χ0) is 18.4. The average molecular weight is 359 g/mol. The molecule has 1 fully saturated rings. The minimum absolute atomic E-state index is 0.131. The van der Waals surface area contributed by atoms with Gasteiger partial charge in [-0.3, -0.25) is 4.79 Å². The van der Waals surface area contributed by atoms with Crippen LogP contribution in [-0.2, 0) is 15.8 Å². The number of hydrogen-bond donors (Lipinski definition) is 0. The van der Waals surface area contributed by atoms with Gasteiger partial charge in [-0.25, -0.2) is 9.97 Å². The van der Waals surface area contributed by atoms with Crippen LogP contribution in [0.5, 0.6) is 0 Å². The Labute approximate surface area is 143 Å². The molecule has 2 heterocycles. The van der Waals surface area contributed by atoms with E-state index in [1.54, 1.807) is 9.80 Å². The molecular formula is C15H20F3N5O2. The van der Waals surface area contributed by atoms with E-state index in [9.17, 15) is 18.0 Å². The van der Waals surface area contributed by atoms with Crippen molar-refractivity contribution >= 4 is 17.6 Å². The number of aromatic nitrogens is 2. The first-order chi connectivity index (χ1) is 11.8. The lowest BCUT2D eigenvalue weighted by molar-refractivity contribution is -0.138. The van der Waals surface area contributed by atoms with Gasteiger partial charge in [-0.15, -0.1) is 0 Å². The van der Waals surface area contributed by atoms with Crippen molar-refractivity contribution in [2.24, 2.45) is 5.16 Å². The zero-order valence-electron chi connectivity index (χ0n) is 14.1. The van der Waals surface area contributed by atoms with Crippen LogP contribution in [0.3, 0.4) is 0 Å². The van der Waals surface area contributed by atoms with Crippen LogP contribution < -0.4 is 4.90 Å². The molecular weight excluding hydrogens is 339 g/mol. The number of hydrogen-bond acceptors (Lipinski definition) is 6. The Balaban J connectivity index is 1.84. The number of carbonyl (C=O) groups excluding carboxylic acids is 1. The maximum Gasteiger partial charge on any atom is 0.419 e. The fraction of sp³-hybridized carbons (Fsp3) is 0.600. The minimum atomic E-state index is -4.46. The summed E-state index contributed by atoms with van der Waals surface area (Å²) in [6.07, 6.45) is -2.17. The summed E-state index contributed by atoms with van der Waals surface area (Å²) in [6, 6.07) is 0. The largest absolute Gasteiger partial charge is 0.419 e. The molecule has 0 unspecified atom stereocenters. The van der Waals surface area contributed by atoms with E-state index in [0.717, 1.165) is 24.5 Å². The van der Waals surface area contributed by atoms with Crippen molar-refractivity contribution in [1.29, 1.82) is 0 Å². The Hall–Kier alpha value is -2.39. The molecule has 1 aliphatic rings. The fourth-order valence-electron chi connectivity index (χ4n) is 2.14. The molecule has 0 atom stereocenters. The van der Waals surface area contributed by atoms with Gasteiger partial charge in [0.1, 0.15) is 0 Å². The Morgan fingerprint density at radius 2 is 1.84 bits per heavy atom. The monoisotopic (exact) mass is 359 g/mol. The standard InChI is InChI=1S/C15H20F3N5O2/c1-3-11(2)21-25-10-13(24)22-4-6-23(7-5-22)14-19-8-12(9-20-14)15(16,17)18/h8-9H,3-7,10H2,1-2H3. The first-order valence-corrected chi connectivity index (χ1v) is 7.88. The minimum Gasteiger partial charge on any atom is -0.386 e. The second kappa shape index (κ2) is 8.13. The third-order valence-electron chi connectivity index (χ3n) is 3.80. The number of halogens is 3. The molecule has 0 aromatic carbocycles. The lowest BCUT2D eigenvalue weighted by Crippen LogP contribution is -2.50. The van der Waals surface area contributed by atoms with Crippen molar-refractivity contribution in [3.63, 3.8) is 0 Å². The van der Waals surface area contributed by atoms with Gasteiger partial charge in [0.15, 0.2) is 6.61 Å². The molecule has 1 aromatic rings. The molecule has 2 rings (SSSR count). The smallest absolute Gasteiger partial charge is 0.386 e. The molecule has 0 bridgehead atoms. The Bertz CT molecular complexity index is 611. The summed E-state index contributed by atoms with van der Waals surface area (Å²) in [6.45, 7) is 5.34. The van der Waals surface area contributed by atoms with Crippen molar-refractivity contribution < 1.29 is 22.8 Å². The van der Waals surface area contributed by atoms with Crippen molar-refractivity contribution in [2.45, 2.75) is 26.4 Å². The molecule has 0 aliphatic carbocycles. The van der Waals surface area contributed by atoms with Crippen LogP contribution in [-0.4, -0.2) is 59.3 Å². The van der Waals surface area contributed by atoms with Crippen molar-refractivity contribution in [3.8, 4) is 0 Å². The molecule has 138 valence electrons. The number of amides is 1. The number of nitrogens with zero attached hydrogens (tertiary/aromatic N) is 5. The van der Waals surface area contributed by atoms with Gasteiger partial charge in [0.2, 0.25) is 5.95 Å². The van der Waals surface area contributed by atoms with Gasteiger partial charge in [0, 0.05) is 38.6 Å². The topological polar surface area (TPSA) is 70.9 Å². The van der Waals surface area contributed by atoms with E-state index in [4.69, 9.17) is 4.84 Å². The molecule has 0 radical (unpaired) electrons. The van der Waals surface area contributed by atoms with E-state index in [2.05, 4.69) is 15.1 Å². The predicted octanol–water partition coefficient (Wildman–Crippen LogP) is 1.95. The molecule has 7 nitrogen and oxygen atoms in total. The molecule has 1 aliphatic heterocycles. The van der Waals surface area contributed by atoms with E-state index in [1.165, 1.54) is 0 Å². The van der Waals surface area contributed by atoms with Gasteiger partial charge in [-0.05, 0) is 13.3 Å². The lowest BCUT2D eigenvalue weighted by atomic mass is 10.3. The summed E-state index contributed by atoms with van der Waals surface area (Å²) in [4.78, 5) is 27.9. The van der Waals surface area contributed by atoms with Gasteiger partial charge in [-0.2, -0.15) is 13.2 Å². The van der Waals surface area contributed by atoms with Crippen molar-refractivity contribution in [1.82, 2.24) is 14.9 Å². The SMILES string of the molecule is CCC(C)=NOCC(=O)N1CCN(c2ncc(C(F)(F)F)cn2)CC1. The average Bonchev–Trinajstić information content (AvgIpc) is 2.61. The zero-order valence-corrected chi connectivity index (χ0v) is 14.1. The fourth-order valence-corrected chi connectivity index (χ4v) is 2.14. The second-order valence-electron chi connectivity index (χ2n) is 5.59. The van der Waals surface area contributed by atoms with Crippen molar-refractivity contribution in [2.75, 3.05) is 37.7 Å². The van der Waals surface area contributed by atoms with Crippen LogP contribution in [0.25, 0.3) is 0 Å². The van der Waals surface area contributed by atoms with E-state index >= 15 is 0 Å². The Morgan fingerprint density at radius 3 is 2.36 bits per heavy atom. The quantitative estimate of drug-likeness (QED) is 0.594. The number of alkyl halides is 3. The summed E-state index contributed by atoms with van der Waals surface area (Å²) in [5, 5.41) is 3.81. The normalized spacial score (nSPS) is 16.1. The highest BCUT2D eigenvalue weighted by Gasteiger charge is 2.32. The number of oxime groups is 1. The number of rotatable bonds is 5. The van der Waals surface area contributed by atoms with Crippen LogP contribution in [0.1, 0.15) is 25.8 Å². The maximum absolute atomic E-state index is 12.5. The summed E-state index contributed by atoms with van der Waals surface area (Å²) < 4.78 is 37.6. The van der Waals surface area contributed by atoms with Gasteiger partial charge in [0.05, 0.1) is 11.3 Å². The summed E-state index contributed by atoms with van der Waals surface area (Å²) in [5.41, 5.74) is -0.0813. The van der Waals surface area contributed by atoms with Crippen LogP contribution in [0.4, 0.5) is 19.1 Å². The third-order valence-corrected chi connectivity index (χ3v) is 3.80. The summed E-state index contributed by atoms with van der Waals surface area (Å²) in [7, 11) is 0. The summed E-state index contributed by atoms with van der Waals surface area (Å²) in [5.74, 6) is 0.0418. The van der Waals surface area contributed by atoms with Crippen LogP contribution in [0.15, 0.2) is 17.5 Å². The highest BCUT2D eigenvalue weighted by Crippen LogP contribution is 2.28. The van der Waals surface area contributed by atoms with E-state index < -0.39 is 11.7 Å². The highest BCUT2D eigenvalue weighted by atomic mass is 19.4. The number of piperazine rings is 1. The van der Waals surface area contributed by atoms with Gasteiger partial charge in [-0.1, -0.05) is 12.1 Å². The molecule has 1 aromatic heterocycles.